The fraction of sp³-hybridized carbons (Fsp3) is 0.371. The van der Waals surface area contributed by atoms with Crippen LogP contribution in [-0.4, -0.2) is 27.0 Å². The monoisotopic (exact) mass is 519 g/mol. The summed E-state index contributed by atoms with van der Waals surface area (Å²) in [4.78, 5) is 12.8. The lowest BCUT2D eigenvalue weighted by Crippen LogP contribution is -2.28. The smallest absolute Gasteiger partial charge is 0.160 e. The highest BCUT2D eigenvalue weighted by Gasteiger charge is 2.26. The Morgan fingerprint density at radius 3 is 2.31 bits per heavy atom. The first kappa shape index (κ1) is 27.2. The molecule has 2 unspecified atom stereocenters. The van der Waals surface area contributed by atoms with E-state index < -0.39 is 6.10 Å². The Morgan fingerprint density at radius 2 is 1.59 bits per heavy atom. The Hall–Kier alpha value is -3.34. The molecule has 3 aromatic carbocycles. The van der Waals surface area contributed by atoms with Crippen molar-refractivity contribution in [1.29, 1.82) is 0 Å². The Kier molecular flexibility index (Phi) is 8.54. The van der Waals surface area contributed by atoms with E-state index in [0.29, 0.717) is 12.5 Å². The summed E-state index contributed by atoms with van der Waals surface area (Å²) in [5.41, 5.74) is 10.6. The zero-order chi connectivity index (χ0) is 27.4. The quantitative estimate of drug-likeness (QED) is 0.251. The summed E-state index contributed by atoms with van der Waals surface area (Å²) < 4.78 is 0. The number of hydrogen-bond acceptors (Lipinski definition) is 4. The second-order valence-corrected chi connectivity index (χ2v) is 10.9. The molecule has 1 heterocycles. The Balaban J connectivity index is 1.56. The van der Waals surface area contributed by atoms with Gasteiger partial charge in [0.2, 0.25) is 0 Å². The number of rotatable bonds is 9. The molecule has 0 saturated carbocycles. The molecule has 1 aromatic heterocycles. The molecule has 0 aliphatic heterocycles. The minimum absolute atomic E-state index is 0.369. The van der Waals surface area contributed by atoms with Crippen LogP contribution in [0.3, 0.4) is 0 Å². The number of fused-ring (bicyclic) bond motifs is 1. The number of aliphatic hydroxyl groups excluding tert-OH is 1. The van der Waals surface area contributed by atoms with Crippen LogP contribution in [-0.2, 0) is 32.2 Å². The highest BCUT2D eigenvalue weighted by molar-refractivity contribution is 5.66. The topological polar surface area (TPSA) is 49.2 Å². The van der Waals surface area contributed by atoms with E-state index in [1.165, 1.54) is 28.7 Å². The summed E-state index contributed by atoms with van der Waals surface area (Å²) in [5, 5.41) is 11.3. The van der Waals surface area contributed by atoms with Gasteiger partial charge in [-0.25, -0.2) is 9.97 Å². The van der Waals surface area contributed by atoms with Gasteiger partial charge in [-0.05, 0) is 73.9 Å². The van der Waals surface area contributed by atoms with Crippen molar-refractivity contribution in [2.45, 2.75) is 78.0 Å². The van der Waals surface area contributed by atoms with Crippen LogP contribution < -0.4 is 0 Å². The van der Waals surface area contributed by atoms with Gasteiger partial charge in [0.05, 0.1) is 11.8 Å². The molecule has 0 saturated heterocycles. The predicted octanol–water partition coefficient (Wildman–Crippen LogP) is 7.36. The fourth-order valence-electron chi connectivity index (χ4n) is 6.19. The number of nitrogens with zero attached hydrogens (tertiary/aromatic N) is 3. The standard InChI is InChI=1S/C35H41N3O/c1-5-25-17-12-18-26(6-2)34(25)35-36-24(3)30(31(37-35)22-33(39)28-15-8-7-9-16-28)23-38(4)32-21-13-19-27-14-10-11-20-29(27)32/h7-12,14-18,20,32-33,39H,5-6,13,19,21-23H2,1-4H3. The molecule has 2 atom stereocenters. The predicted molar refractivity (Wildman–Crippen MR) is 160 cm³/mol. The van der Waals surface area contributed by atoms with E-state index in [1.54, 1.807) is 0 Å². The van der Waals surface area contributed by atoms with Gasteiger partial charge in [0.15, 0.2) is 5.82 Å². The van der Waals surface area contributed by atoms with Crippen molar-refractivity contribution >= 4 is 0 Å². The largest absolute Gasteiger partial charge is 0.388 e. The van der Waals surface area contributed by atoms with Gasteiger partial charge in [-0.3, -0.25) is 4.90 Å². The highest BCUT2D eigenvalue weighted by Crippen LogP contribution is 2.36. The van der Waals surface area contributed by atoms with Crippen molar-refractivity contribution in [3.8, 4) is 11.4 Å². The van der Waals surface area contributed by atoms with E-state index in [4.69, 9.17) is 9.97 Å². The Labute approximate surface area is 233 Å². The maximum atomic E-state index is 11.3. The zero-order valence-corrected chi connectivity index (χ0v) is 23.8. The van der Waals surface area contributed by atoms with Crippen LogP contribution in [0.1, 0.15) is 83.6 Å². The Morgan fingerprint density at radius 1 is 0.897 bits per heavy atom. The molecule has 5 rings (SSSR count). The minimum atomic E-state index is -0.625. The molecule has 0 bridgehead atoms. The van der Waals surface area contributed by atoms with E-state index in [-0.39, 0.29) is 0 Å². The van der Waals surface area contributed by atoms with Gasteiger partial charge < -0.3 is 5.11 Å². The molecule has 0 radical (unpaired) electrons. The van der Waals surface area contributed by atoms with Gasteiger partial charge in [0.1, 0.15) is 0 Å². The number of aryl methyl sites for hydroxylation is 4. The van der Waals surface area contributed by atoms with Crippen molar-refractivity contribution < 1.29 is 5.11 Å². The van der Waals surface area contributed by atoms with Crippen molar-refractivity contribution in [3.63, 3.8) is 0 Å². The average Bonchev–Trinajstić information content (AvgIpc) is 2.98. The molecular formula is C35H41N3O. The molecule has 1 N–H and O–H groups in total. The summed E-state index contributed by atoms with van der Waals surface area (Å²) in [6.45, 7) is 7.24. The van der Waals surface area contributed by atoms with Gasteiger partial charge in [0.25, 0.3) is 0 Å². The van der Waals surface area contributed by atoms with Crippen LogP contribution in [0.25, 0.3) is 11.4 Å². The van der Waals surface area contributed by atoms with Crippen molar-refractivity contribution in [2.24, 2.45) is 0 Å². The van der Waals surface area contributed by atoms with Gasteiger partial charge in [-0.2, -0.15) is 0 Å². The van der Waals surface area contributed by atoms with Gasteiger partial charge in [-0.15, -0.1) is 0 Å². The van der Waals surface area contributed by atoms with E-state index in [9.17, 15) is 5.11 Å². The van der Waals surface area contributed by atoms with Crippen molar-refractivity contribution in [2.75, 3.05) is 7.05 Å². The number of aliphatic hydroxyl groups is 1. The van der Waals surface area contributed by atoms with E-state index >= 15 is 0 Å². The van der Waals surface area contributed by atoms with E-state index in [1.807, 2.05) is 30.3 Å². The normalized spacial score (nSPS) is 15.8. The van der Waals surface area contributed by atoms with Crippen LogP contribution in [0.4, 0.5) is 0 Å². The second-order valence-electron chi connectivity index (χ2n) is 10.9. The number of benzene rings is 3. The SMILES string of the molecule is CCc1cccc(CC)c1-c1nc(C)c(CN(C)C2CCCc3ccccc32)c(CC(O)c2ccccc2)n1. The summed E-state index contributed by atoms with van der Waals surface area (Å²) in [6, 6.07) is 25.7. The molecule has 0 spiro atoms. The maximum Gasteiger partial charge on any atom is 0.160 e. The van der Waals surface area contributed by atoms with Crippen molar-refractivity contribution in [1.82, 2.24) is 14.9 Å². The van der Waals surface area contributed by atoms with Gasteiger partial charge in [0, 0.05) is 35.8 Å². The van der Waals surface area contributed by atoms with Crippen molar-refractivity contribution in [3.05, 3.63) is 118 Å². The van der Waals surface area contributed by atoms with E-state index in [0.717, 1.165) is 66.1 Å². The summed E-state index contributed by atoms with van der Waals surface area (Å²) in [7, 11) is 2.22. The fourth-order valence-corrected chi connectivity index (χ4v) is 6.19. The molecule has 0 amide bonds. The molecule has 202 valence electrons. The third-order valence-corrected chi connectivity index (χ3v) is 8.37. The summed E-state index contributed by atoms with van der Waals surface area (Å²) in [6.07, 6.45) is 5.20. The van der Waals surface area contributed by atoms with Gasteiger partial charge in [-0.1, -0.05) is 86.6 Å². The molecular weight excluding hydrogens is 478 g/mol. The molecule has 1 aliphatic rings. The minimum Gasteiger partial charge on any atom is -0.388 e. The first-order chi connectivity index (χ1) is 19.0. The molecule has 0 fully saturated rings. The molecule has 4 aromatic rings. The lowest BCUT2D eigenvalue weighted by molar-refractivity contribution is 0.175. The highest BCUT2D eigenvalue weighted by atomic mass is 16.3. The van der Waals surface area contributed by atoms with Crippen LogP contribution in [0.5, 0.6) is 0 Å². The van der Waals surface area contributed by atoms with Gasteiger partial charge >= 0.3 is 0 Å². The summed E-state index contributed by atoms with van der Waals surface area (Å²) >= 11 is 0. The Bertz CT molecular complexity index is 1390. The third kappa shape index (κ3) is 5.83. The van der Waals surface area contributed by atoms with Crippen LogP contribution >= 0.6 is 0 Å². The van der Waals surface area contributed by atoms with Crippen LogP contribution in [0, 0.1) is 6.92 Å². The average molecular weight is 520 g/mol. The number of hydrogen-bond donors (Lipinski definition) is 1. The zero-order valence-electron chi connectivity index (χ0n) is 23.8. The molecule has 4 heteroatoms. The third-order valence-electron chi connectivity index (χ3n) is 8.37. The molecule has 4 nitrogen and oxygen atoms in total. The molecule has 1 aliphatic carbocycles. The van der Waals surface area contributed by atoms with E-state index in [2.05, 4.69) is 75.2 Å². The maximum absolute atomic E-state index is 11.3. The first-order valence-electron chi connectivity index (χ1n) is 14.5. The first-order valence-corrected chi connectivity index (χ1v) is 14.5. The second kappa shape index (κ2) is 12.2. The summed E-state index contributed by atoms with van der Waals surface area (Å²) in [5.74, 6) is 0.784. The van der Waals surface area contributed by atoms with Crippen LogP contribution in [0.15, 0.2) is 72.8 Å². The lowest BCUT2D eigenvalue weighted by Gasteiger charge is -2.34. The molecule has 39 heavy (non-hydrogen) atoms. The van der Waals surface area contributed by atoms with Crippen LogP contribution in [0.2, 0.25) is 0 Å². The lowest BCUT2D eigenvalue weighted by atomic mass is 9.86. The number of aromatic nitrogens is 2.